The average Bonchev–Trinajstić information content (AvgIpc) is 2.65. The number of benzene rings is 1. The van der Waals surface area contributed by atoms with Crippen LogP contribution in [0.5, 0.6) is 5.75 Å². The number of rotatable bonds is 5. The molecular formula is C32H53NO2. The first kappa shape index (κ1) is 29.7. The van der Waals surface area contributed by atoms with Crippen molar-refractivity contribution in [2.45, 2.75) is 143 Å². The smallest absolute Gasteiger partial charge is 0.129 e. The van der Waals surface area contributed by atoms with E-state index >= 15 is 0 Å². The number of hydrogen-bond donors (Lipinski definition) is 1. The van der Waals surface area contributed by atoms with Crippen LogP contribution in [-0.2, 0) is 22.0 Å². The lowest BCUT2D eigenvalue weighted by Crippen LogP contribution is -2.61. The fourth-order valence-electron chi connectivity index (χ4n) is 5.73. The van der Waals surface area contributed by atoms with E-state index in [1.807, 2.05) is 6.92 Å². The summed E-state index contributed by atoms with van der Waals surface area (Å²) in [4.78, 5) is 2.49. The van der Waals surface area contributed by atoms with Gasteiger partial charge < -0.3 is 9.84 Å². The second-order valence-electron chi connectivity index (χ2n) is 14.5. The van der Waals surface area contributed by atoms with E-state index in [0.717, 1.165) is 30.4 Å². The molecule has 1 aromatic rings. The Labute approximate surface area is 217 Å². The van der Waals surface area contributed by atoms with Gasteiger partial charge in [0.2, 0.25) is 0 Å². The van der Waals surface area contributed by atoms with Crippen molar-refractivity contribution in [3.05, 3.63) is 28.8 Å². The van der Waals surface area contributed by atoms with Crippen molar-refractivity contribution in [1.29, 1.82) is 0 Å². The Bertz CT molecular complexity index is 911. The summed E-state index contributed by atoms with van der Waals surface area (Å²) in [7, 11) is 2.23. The first-order valence-electron chi connectivity index (χ1n) is 13.4. The van der Waals surface area contributed by atoms with Crippen molar-refractivity contribution in [2.24, 2.45) is 5.92 Å². The molecule has 198 valence electrons. The molecule has 0 spiro atoms. The second-order valence-corrected chi connectivity index (χ2v) is 14.5. The number of phenols is 1. The van der Waals surface area contributed by atoms with Gasteiger partial charge in [0.1, 0.15) is 11.4 Å². The first-order valence-corrected chi connectivity index (χ1v) is 13.4. The summed E-state index contributed by atoms with van der Waals surface area (Å²) in [6, 6.07) is 4.39. The highest BCUT2D eigenvalue weighted by Crippen LogP contribution is 2.43. The molecule has 0 aliphatic carbocycles. The van der Waals surface area contributed by atoms with Crippen molar-refractivity contribution in [3.63, 3.8) is 0 Å². The van der Waals surface area contributed by atoms with Crippen molar-refractivity contribution < 1.29 is 9.84 Å². The number of hydrogen-bond acceptors (Lipinski definition) is 3. The molecule has 1 aliphatic heterocycles. The minimum absolute atomic E-state index is 0.0659. The summed E-state index contributed by atoms with van der Waals surface area (Å²) >= 11 is 0. The summed E-state index contributed by atoms with van der Waals surface area (Å²) in [6.45, 7) is 28.6. The minimum Gasteiger partial charge on any atom is -0.507 e. The quantitative estimate of drug-likeness (QED) is 0.437. The Morgan fingerprint density at radius 2 is 1.40 bits per heavy atom. The highest BCUT2D eigenvalue weighted by atomic mass is 16.5. The fraction of sp³-hybridized carbons (Fsp3) is 0.750. The van der Waals surface area contributed by atoms with Gasteiger partial charge in [0.25, 0.3) is 0 Å². The second kappa shape index (κ2) is 9.75. The lowest BCUT2D eigenvalue weighted by Gasteiger charge is -2.54. The lowest BCUT2D eigenvalue weighted by atomic mass is 9.76. The molecule has 0 radical (unpaired) electrons. The van der Waals surface area contributed by atoms with E-state index in [2.05, 4.69) is 119 Å². The summed E-state index contributed by atoms with van der Waals surface area (Å²) in [5.74, 6) is 7.25. The highest BCUT2D eigenvalue weighted by molar-refractivity contribution is 5.50. The first-order chi connectivity index (χ1) is 15.6. The van der Waals surface area contributed by atoms with Gasteiger partial charge in [-0.3, -0.25) is 4.90 Å². The van der Waals surface area contributed by atoms with Crippen LogP contribution in [0.1, 0.15) is 120 Å². The Kier molecular flexibility index (Phi) is 8.28. The Morgan fingerprint density at radius 3 is 1.77 bits per heavy atom. The molecule has 0 aromatic heterocycles. The Morgan fingerprint density at radius 1 is 0.971 bits per heavy atom. The van der Waals surface area contributed by atoms with Gasteiger partial charge in [0.05, 0.1) is 6.10 Å². The summed E-state index contributed by atoms with van der Waals surface area (Å²) in [5, 5.41) is 11.1. The molecule has 1 heterocycles. The van der Waals surface area contributed by atoms with Gasteiger partial charge in [0.15, 0.2) is 0 Å². The number of aromatic hydroxyl groups is 1. The van der Waals surface area contributed by atoms with Gasteiger partial charge in [-0.25, -0.2) is 0 Å². The van der Waals surface area contributed by atoms with E-state index in [-0.39, 0.29) is 33.9 Å². The van der Waals surface area contributed by atoms with Crippen molar-refractivity contribution >= 4 is 0 Å². The molecular weight excluding hydrogens is 430 g/mol. The molecule has 1 N–H and O–H groups in total. The zero-order valence-electron chi connectivity index (χ0n) is 25.2. The van der Waals surface area contributed by atoms with Crippen molar-refractivity contribution in [2.75, 3.05) is 7.05 Å². The summed E-state index contributed by atoms with van der Waals surface area (Å²) in [5.41, 5.74) is 2.55. The molecule has 2 atom stereocenters. The van der Waals surface area contributed by atoms with E-state index in [1.54, 1.807) is 0 Å². The molecule has 1 fully saturated rings. The standard InChI is InChI=1S/C32H53NO2/c1-15-16-32(13,35-24-20-30(9,10)33(14)31(11,12)21-24)22(2)17-23-18-25(28(3,4)5)27(34)26(19-23)29(6,7)8/h18-19,22,24,34H,17,20-21H2,1-14H3. The fourth-order valence-corrected chi connectivity index (χ4v) is 5.73. The molecule has 0 bridgehead atoms. The molecule has 0 amide bonds. The predicted molar refractivity (Wildman–Crippen MR) is 150 cm³/mol. The summed E-state index contributed by atoms with van der Waals surface area (Å²) < 4.78 is 6.94. The number of ether oxygens (including phenoxy) is 1. The number of nitrogens with zero attached hydrogens (tertiary/aromatic N) is 1. The number of likely N-dealkylation sites (tertiary alicyclic amines) is 1. The molecule has 2 unspecified atom stereocenters. The SMILES string of the molecule is CC#CC(C)(OC1CC(C)(C)N(C)C(C)(C)C1)C(C)Cc1cc(C(C)(C)C)c(O)c(C(C)(C)C)c1. The van der Waals surface area contributed by atoms with Gasteiger partial charge in [-0.1, -0.05) is 66.5 Å². The van der Waals surface area contributed by atoms with E-state index in [4.69, 9.17) is 4.74 Å². The van der Waals surface area contributed by atoms with Gasteiger partial charge in [-0.05, 0) is 95.4 Å². The molecule has 1 aromatic carbocycles. The normalized spacial score (nSPS) is 21.7. The number of piperidine rings is 1. The van der Waals surface area contributed by atoms with Gasteiger partial charge in [-0.2, -0.15) is 0 Å². The lowest BCUT2D eigenvalue weighted by molar-refractivity contribution is -0.143. The maximum absolute atomic E-state index is 11.1. The van der Waals surface area contributed by atoms with E-state index < -0.39 is 5.60 Å². The van der Waals surface area contributed by atoms with Crippen LogP contribution in [0.2, 0.25) is 0 Å². The van der Waals surface area contributed by atoms with Gasteiger partial charge in [0, 0.05) is 17.0 Å². The third kappa shape index (κ3) is 6.64. The van der Waals surface area contributed by atoms with Crippen LogP contribution >= 0.6 is 0 Å². The van der Waals surface area contributed by atoms with Crippen LogP contribution in [0.4, 0.5) is 0 Å². The molecule has 35 heavy (non-hydrogen) atoms. The molecule has 3 nitrogen and oxygen atoms in total. The monoisotopic (exact) mass is 483 g/mol. The van der Waals surface area contributed by atoms with Gasteiger partial charge >= 0.3 is 0 Å². The zero-order chi connectivity index (χ0) is 27.2. The Balaban J connectivity index is 2.43. The maximum atomic E-state index is 11.1. The van der Waals surface area contributed by atoms with Crippen molar-refractivity contribution in [1.82, 2.24) is 4.90 Å². The van der Waals surface area contributed by atoms with Crippen LogP contribution in [0.15, 0.2) is 12.1 Å². The average molecular weight is 484 g/mol. The van der Waals surface area contributed by atoms with Crippen LogP contribution in [0, 0.1) is 17.8 Å². The Hall–Kier alpha value is -1.50. The van der Waals surface area contributed by atoms with Crippen LogP contribution in [-0.4, -0.2) is 39.8 Å². The maximum Gasteiger partial charge on any atom is 0.129 e. The minimum atomic E-state index is -0.552. The predicted octanol–water partition coefficient (Wildman–Crippen LogP) is 7.62. The molecule has 0 saturated carbocycles. The van der Waals surface area contributed by atoms with Gasteiger partial charge in [-0.15, -0.1) is 5.92 Å². The van der Waals surface area contributed by atoms with Crippen LogP contribution in [0.3, 0.4) is 0 Å². The van der Waals surface area contributed by atoms with E-state index in [1.165, 1.54) is 5.56 Å². The molecule has 3 heteroatoms. The third-order valence-corrected chi connectivity index (χ3v) is 8.32. The number of phenolic OH excluding ortho intramolecular Hbond substituents is 1. The highest BCUT2D eigenvalue weighted by Gasteiger charge is 2.46. The van der Waals surface area contributed by atoms with Crippen LogP contribution in [0.25, 0.3) is 0 Å². The summed E-state index contributed by atoms with van der Waals surface area (Å²) in [6.07, 6.45) is 2.97. The van der Waals surface area contributed by atoms with E-state index in [0.29, 0.717) is 5.75 Å². The molecule has 2 rings (SSSR count). The molecule has 1 aliphatic rings. The van der Waals surface area contributed by atoms with Crippen LogP contribution < -0.4 is 0 Å². The molecule has 1 saturated heterocycles. The zero-order valence-corrected chi connectivity index (χ0v) is 25.2. The largest absolute Gasteiger partial charge is 0.507 e. The van der Waals surface area contributed by atoms with Crippen molar-refractivity contribution in [3.8, 4) is 17.6 Å². The topological polar surface area (TPSA) is 32.7 Å². The third-order valence-electron chi connectivity index (χ3n) is 8.32. The van der Waals surface area contributed by atoms with E-state index in [9.17, 15) is 5.11 Å².